The number of alkyl halides is 2. The third kappa shape index (κ3) is 3.49. The Kier molecular flexibility index (Phi) is 5.27. The molecule has 0 radical (unpaired) electrons. The number of pyridine rings is 2. The van der Waals surface area contributed by atoms with Gasteiger partial charge in [0, 0.05) is 35.1 Å². The van der Waals surface area contributed by atoms with Gasteiger partial charge in [-0.15, -0.1) is 11.3 Å². The van der Waals surface area contributed by atoms with Crippen molar-refractivity contribution in [3.63, 3.8) is 0 Å². The Bertz CT molecular complexity index is 1650. The van der Waals surface area contributed by atoms with Crippen LogP contribution in [0.5, 0.6) is 0 Å². The van der Waals surface area contributed by atoms with Crippen LogP contribution in [0.1, 0.15) is 40.9 Å². The van der Waals surface area contributed by atoms with E-state index in [0.717, 1.165) is 80.3 Å². The monoisotopic (exact) mass is 558 g/mol. The molecule has 0 amide bonds. The molecule has 0 bridgehead atoms. The fourth-order valence-electron chi connectivity index (χ4n) is 5.64. The molecule has 1 fully saturated rings. The van der Waals surface area contributed by atoms with Gasteiger partial charge in [-0.25, -0.2) is 28.7 Å². The number of piperidine rings is 1. The molecule has 6 heterocycles. The summed E-state index contributed by atoms with van der Waals surface area (Å²) in [5, 5.41) is 0.304. The average molecular weight is 559 g/mol. The van der Waals surface area contributed by atoms with Gasteiger partial charge in [-0.3, -0.25) is 4.40 Å². The van der Waals surface area contributed by atoms with E-state index < -0.39 is 6.43 Å². The lowest BCUT2D eigenvalue weighted by atomic mass is 9.74. The van der Waals surface area contributed by atoms with Crippen LogP contribution in [-0.4, -0.2) is 37.4 Å². The highest BCUT2D eigenvalue weighted by Crippen LogP contribution is 2.53. The van der Waals surface area contributed by atoms with Crippen molar-refractivity contribution in [2.75, 3.05) is 23.7 Å². The van der Waals surface area contributed by atoms with Crippen LogP contribution in [0.4, 0.5) is 20.4 Å². The molecule has 2 aliphatic rings. The number of hydrogen-bond acceptors (Lipinski definition) is 9. The van der Waals surface area contributed by atoms with Gasteiger partial charge in [-0.05, 0) is 42.9 Å². The van der Waals surface area contributed by atoms with E-state index in [4.69, 9.17) is 33.0 Å². The van der Waals surface area contributed by atoms with Gasteiger partial charge < -0.3 is 16.4 Å². The largest absolute Gasteiger partial charge is 0.382 e. The third-order valence-corrected chi connectivity index (χ3v) is 10.4. The van der Waals surface area contributed by atoms with Crippen molar-refractivity contribution in [3.8, 4) is 0 Å². The Morgan fingerprint density at radius 2 is 1.95 bits per heavy atom. The maximum atomic E-state index is 13.1. The first-order valence-corrected chi connectivity index (χ1v) is 13.8. The van der Waals surface area contributed by atoms with Gasteiger partial charge in [0.2, 0.25) is 0 Å². The summed E-state index contributed by atoms with van der Waals surface area (Å²) in [4.78, 5) is 22.7. The van der Waals surface area contributed by atoms with Crippen molar-refractivity contribution in [3.05, 3.63) is 51.2 Å². The number of fused-ring (bicyclic) bond motifs is 1. The normalized spacial score (nSPS) is 19.2. The molecule has 7 rings (SSSR count). The molecule has 0 unspecified atom stereocenters. The smallest absolute Gasteiger partial charge is 0.289 e. The minimum absolute atomic E-state index is 0.122. The molecule has 0 aromatic carbocycles. The highest BCUT2D eigenvalue weighted by molar-refractivity contribution is 7.99. The lowest BCUT2D eigenvalue weighted by Gasteiger charge is -2.42. The molecule has 13 heteroatoms. The van der Waals surface area contributed by atoms with E-state index in [0.29, 0.717) is 17.3 Å². The van der Waals surface area contributed by atoms with Gasteiger partial charge in [0.05, 0.1) is 21.8 Å². The van der Waals surface area contributed by atoms with E-state index in [2.05, 4.69) is 19.3 Å². The minimum atomic E-state index is -2.55. The SMILES string of the molecule is Nc1nccc(Sc2ccc3nc(N4CCC5(CC4)Cc4nc(C(F)F)sc4[C@H]5N)c4cnc2n34)c1Cl. The van der Waals surface area contributed by atoms with Crippen molar-refractivity contribution in [1.29, 1.82) is 0 Å². The van der Waals surface area contributed by atoms with E-state index in [1.165, 1.54) is 11.8 Å². The molecule has 8 nitrogen and oxygen atoms in total. The second-order valence-electron chi connectivity index (χ2n) is 9.57. The van der Waals surface area contributed by atoms with Gasteiger partial charge in [0.1, 0.15) is 17.0 Å². The van der Waals surface area contributed by atoms with Crippen LogP contribution in [0.3, 0.4) is 0 Å². The second kappa shape index (κ2) is 8.35. The first kappa shape index (κ1) is 23.3. The summed E-state index contributed by atoms with van der Waals surface area (Å²) in [6.45, 7) is 1.55. The number of nitrogens with two attached hydrogens (primary N) is 2. The zero-order chi connectivity index (χ0) is 25.5. The molecule has 4 N–H and O–H groups in total. The molecule has 1 aliphatic carbocycles. The van der Waals surface area contributed by atoms with Gasteiger partial charge >= 0.3 is 0 Å². The molecule has 1 spiro atoms. The van der Waals surface area contributed by atoms with E-state index in [9.17, 15) is 8.78 Å². The Labute approximate surface area is 223 Å². The number of rotatable bonds is 4. The Morgan fingerprint density at radius 3 is 2.70 bits per heavy atom. The van der Waals surface area contributed by atoms with E-state index in [1.54, 1.807) is 6.20 Å². The van der Waals surface area contributed by atoms with Crippen LogP contribution >= 0.6 is 34.7 Å². The fraction of sp³-hybridized carbons (Fsp3) is 0.333. The van der Waals surface area contributed by atoms with Crippen molar-refractivity contribution in [2.24, 2.45) is 11.1 Å². The maximum Gasteiger partial charge on any atom is 0.289 e. The van der Waals surface area contributed by atoms with Gasteiger partial charge in [0.25, 0.3) is 6.43 Å². The van der Waals surface area contributed by atoms with Gasteiger partial charge in [0.15, 0.2) is 16.5 Å². The number of thiazole rings is 1. The molecular formula is C24H21ClF2N8S2. The van der Waals surface area contributed by atoms with Gasteiger partial charge in [-0.2, -0.15) is 0 Å². The van der Waals surface area contributed by atoms with Crippen molar-refractivity contribution < 1.29 is 8.78 Å². The maximum absolute atomic E-state index is 13.1. The topological polar surface area (TPSA) is 111 Å². The minimum Gasteiger partial charge on any atom is -0.382 e. The van der Waals surface area contributed by atoms with Crippen molar-refractivity contribution in [2.45, 2.75) is 41.5 Å². The quantitative estimate of drug-likeness (QED) is 0.304. The summed E-state index contributed by atoms with van der Waals surface area (Å²) in [7, 11) is 0. The van der Waals surface area contributed by atoms with Crippen LogP contribution in [0.25, 0.3) is 16.8 Å². The first-order chi connectivity index (χ1) is 17.8. The lowest BCUT2D eigenvalue weighted by molar-refractivity contribution is 0.149. The average Bonchev–Trinajstić information content (AvgIpc) is 3.64. The number of imidazole rings is 2. The molecule has 1 aliphatic heterocycles. The Balaban J connectivity index is 1.15. The van der Waals surface area contributed by atoms with E-state index in [1.807, 2.05) is 24.4 Å². The summed E-state index contributed by atoms with van der Waals surface area (Å²) >= 11 is 8.92. The molecule has 5 aromatic heterocycles. The highest BCUT2D eigenvalue weighted by atomic mass is 35.5. The predicted octanol–water partition coefficient (Wildman–Crippen LogP) is 5.34. The molecule has 190 valence electrons. The second-order valence-corrected chi connectivity index (χ2v) is 12.1. The Hall–Kier alpha value is -2.80. The summed E-state index contributed by atoms with van der Waals surface area (Å²) < 4.78 is 28.3. The van der Waals surface area contributed by atoms with Gasteiger partial charge in [-0.1, -0.05) is 23.4 Å². The summed E-state index contributed by atoms with van der Waals surface area (Å²) in [6.07, 6.45) is 3.30. The standard InChI is InChI=1S/C24H21ClF2N8S2/c25-16-13(3-6-30-20(16)29)36-14-1-2-15-33-21(12-10-31-22(14)35(12)15)34-7-4-24(5-8-34)9-11-17(18(24)28)37-23(32-11)19(26)27/h1-3,6,10,18-19H,4-5,7-9,28H2,(H2,29,30)/t18-/m1/s1. The lowest BCUT2D eigenvalue weighted by Crippen LogP contribution is -2.44. The molecule has 0 saturated carbocycles. The van der Waals surface area contributed by atoms with Crippen molar-refractivity contribution in [1.82, 2.24) is 24.3 Å². The third-order valence-electron chi connectivity index (χ3n) is 7.60. The number of halogens is 3. The number of nitrogen functional groups attached to an aromatic ring is 1. The summed E-state index contributed by atoms with van der Waals surface area (Å²) in [6, 6.07) is 5.55. The zero-order valence-corrected chi connectivity index (χ0v) is 21.8. The van der Waals surface area contributed by atoms with Crippen LogP contribution in [0, 0.1) is 5.41 Å². The first-order valence-electron chi connectivity index (χ1n) is 11.8. The molecule has 37 heavy (non-hydrogen) atoms. The number of hydrogen-bond donors (Lipinski definition) is 2. The van der Waals surface area contributed by atoms with Crippen LogP contribution < -0.4 is 16.4 Å². The number of anilines is 2. The highest BCUT2D eigenvalue weighted by Gasteiger charge is 2.48. The number of nitrogens with zero attached hydrogens (tertiary/aromatic N) is 6. The van der Waals surface area contributed by atoms with Crippen LogP contribution in [0.15, 0.2) is 40.4 Å². The summed E-state index contributed by atoms with van der Waals surface area (Å²) in [5.41, 5.74) is 15.7. The predicted molar refractivity (Wildman–Crippen MR) is 141 cm³/mol. The van der Waals surface area contributed by atoms with Crippen LogP contribution in [-0.2, 0) is 6.42 Å². The molecule has 1 atom stereocenters. The fourth-order valence-corrected chi connectivity index (χ4v) is 7.88. The summed E-state index contributed by atoms with van der Waals surface area (Å²) in [5.74, 6) is 1.19. The molecule has 1 saturated heterocycles. The Morgan fingerprint density at radius 1 is 1.14 bits per heavy atom. The zero-order valence-electron chi connectivity index (χ0n) is 19.4. The van der Waals surface area contributed by atoms with E-state index >= 15 is 0 Å². The number of aromatic nitrogens is 5. The van der Waals surface area contributed by atoms with Crippen molar-refractivity contribution >= 4 is 63.1 Å². The molecule has 5 aromatic rings. The van der Waals surface area contributed by atoms with E-state index in [-0.39, 0.29) is 16.5 Å². The molecular weight excluding hydrogens is 538 g/mol. The van der Waals surface area contributed by atoms with Crippen LogP contribution in [0.2, 0.25) is 5.02 Å².